The fourth-order valence-electron chi connectivity index (χ4n) is 3.91. The second kappa shape index (κ2) is 9.35. The largest absolute Gasteiger partial charge is 0.453 e. The minimum absolute atomic E-state index is 0.194. The van der Waals surface area contributed by atoms with E-state index in [1.807, 2.05) is 18.2 Å². The fraction of sp³-hybridized carbons (Fsp3) is 0.524. The van der Waals surface area contributed by atoms with Crippen LogP contribution in [0.2, 0.25) is 0 Å². The van der Waals surface area contributed by atoms with Gasteiger partial charge >= 0.3 is 12.0 Å². The Morgan fingerprint density at radius 1 is 1.21 bits per heavy atom. The summed E-state index contributed by atoms with van der Waals surface area (Å²) >= 11 is 1.67. The number of amides is 3. The van der Waals surface area contributed by atoms with Gasteiger partial charge in [0.1, 0.15) is 0 Å². The second-order valence-electron chi connectivity index (χ2n) is 7.69. The van der Waals surface area contributed by atoms with E-state index >= 15 is 0 Å². The van der Waals surface area contributed by atoms with E-state index in [4.69, 9.17) is 9.72 Å². The van der Waals surface area contributed by atoms with Crippen molar-refractivity contribution in [2.24, 2.45) is 5.41 Å². The third-order valence-corrected chi connectivity index (χ3v) is 6.48. The minimum atomic E-state index is -1.03. The number of thiazole rings is 1. The lowest BCUT2D eigenvalue weighted by atomic mass is 9.70. The van der Waals surface area contributed by atoms with Crippen molar-refractivity contribution in [1.29, 1.82) is 0 Å². The molecule has 0 radical (unpaired) electrons. The highest BCUT2D eigenvalue weighted by molar-refractivity contribution is 7.18. The normalized spacial score (nSPS) is 16.8. The van der Waals surface area contributed by atoms with Gasteiger partial charge in [-0.15, -0.1) is 11.3 Å². The molecule has 3 amide bonds. The number of hydrogen-bond donors (Lipinski definition) is 2. The molecule has 0 saturated heterocycles. The number of fused-ring (bicyclic) bond motifs is 1. The van der Waals surface area contributed by atoms with Crippen LogP contribution < -0.4 is 10.6 Å². The smallest absolute Gasteiger partial charge is 0.321 e. The summed E-state index contributed by atoms with van der Waals surface area (Å²) in [7, 11) is 1.41. The molecule has 1 saturated carbocycles. The van der Waals surface area contributed by atoms with Crippen molar-refractivity contribution in [2.45, 2.75) is 58.0 Å². The zero-order valence-electron chi connectivity index (χ0n) is 16.8. The molecule has 156 valence electrons. The van der Waals surface area contributed by atoms with Gasteiger partial charge in [-0.1, -0.05) is 31.4 Å². The predicted molar refractivity (Wildman–Crippen MR) is 112 cm³/mol. The first-order valence-electron chi connectivity index (χ1n) is 9.97. The van der Waals surface area contributed by atoms with E-state index in [0.29, 0.717) is 0 Å². The molecule has 0 unspecified atom stereocenters. The van der Waals surface area contributed by atoms with Crippen molar-refractivity contribution in [3.05, 3.63) is 29.3 Å². The number of benzene rings is 1. The van der Waals surface area contributed by atoms with Crippen LogP contribution in [0.15, 0.2) is 24.3 Å². The first kappa shape index (κ1) is 21.2. The molecule has 1 aromatic heterocycles. The number of carbonyl (C=O) groups excluding carboxylic acids is 3. The quantitative estimate of drug-likeness (QED) is 0.701. The molecule has 2 aromatic rings. The summed E-state index contributed by atoms with van der Waals surface area (Å²) in [4.78, 5) is 40.6. The van der Waals surface area contributed by atoms with E-state index in [9.17, 15) is 14.4 Å². The first-order chi connectivity index (χ1) is 13.9. The van der Waals surface area contributed by atoms with Crippen molar-refractivity contribution in [3.63, 3.8) is 0 Å². The van der Waals surface area contributed by atoms with Gasteiger partial charge in [0.05, 0.1) is 21.6 Å². The summed E-state index contributed by atoms with van der Waals surface area (Å²) in [6, 6.07) is 7.42. The van der Waals surface area contributed by atoms with Crippen LogP contribution in [-0.4, -0.2) is 36.0 Å². The number of carbonyl (C=O) groups is 3. The molecule has 3 rings (SSSR count). The molecule has 1 aliphatic carbocycles. The number of aromatic nitrogens is 1. The molecule has 0 bridgehead atoms. The molecule has 8 heteroatoms. The monoisotopic (exact) mass is 417 g/mol. The zero-order valence-corrected chi connectivity index (χ0v) is 17.6. The summed E-state index contributed by atoms with van der Waals surface area (Å²) in [6.07, 6.45) is 5.16. The maximum absolute atomic E-state index is 12.6. The molecule has 1 fully saturated rings. The molecule has 0 spiro atoms. The van der Waals surface area contributed by atoms with Crippen molar-refractivity contribution in [1.82, 2.24) is 15.6 Å². The molecule has 1 heterocycles. The van der Waals surface area contributed by atoms with Crippen LogP contribution in [0.25, 0.3) is 10.2 Å². The summed E-state index contributed by atoms with van der Waals surface area (Å²) in [5, 5.41) is 5.46. The van der Waals surface area contributed by atoms with Crippen LogP contribution >= 0.6 is 11.3 Å². The van der Waals surface area contributed by atoms with E-state index in [1.54, 1.807) is 11.3 Å². The second-order valence-corrected chi connectivity index (χ2v) is 8.81. The van der Waals surface area contributed by atoms with E-state index < -0.39 is 24.0 Å². The zero-order chi connectivity index (χ0) is 20.9. The summed E-state index contributed by atoms with van der Waals surface area (Å²) in [5.74, 6) is -1.05. The Hall–Kier alpha value is -2.48. The van der Waals surface area contributed by atoms with Gasteiger partial charge in [0, 0.05) is 13.5 Å². The number of rotatable bonds is 6. The Bertz CT molecular complexity index is 856. The summed E-state index contributed by atoms with van der Waals surface area (Å²) in [6.45, 7) is 1.47. The lowest BCUT2D eigenvalue weighted by Gasteiger charge is -2.36. The van der Waals surface area contributed by atoms with E-state index in [-0.39, 0.29) is 11.8 Å². The highest BCUT2D eigenvalue weighted by Crippen LogP contribution is 2.43. The van der Waals surface area contributed by atoms with Crippen LogP contribution in [0.5, 0.6) is 0 Å². The Labute approximate surface area is 174 Å². The molecule has 29 heavy (non-hydrogen) atoms. The van der Waals surface area contributed by atoms with Gasteiger partial charge in [0.2, 0.25) is 0 Å². The average Bonchev–Trinajstić information content (AvgIpc) is 3.09. The fourth-order valence-corrected chi connectivity index (χ4v) is 5.05. The number of nitrogens with one attached hydrogen (secondary N) is 2. The van der Waals surface area contributed by atoms with Crippen molar-refractivity contribution in [2.75, 3.05) is 7.05 Å². The third kappa shape index (κ3) is 5.53. The number of esters is 1. The van der Waals surface area contributed by atoms with Crippen molar-refractivity contribution >= 4 is 39.5 Å². The number of ether oxygens (including phenoxy) is 1. The van der Waals surface area contributed by atoms with E-state index in [0.717, 1.165) is 47.3 Å². The Kier molecular flexibility index (Phi) is 6.84. The standard InChI is InChI=1S/C21H27N3O4S/c1-14(19(26)24-20(27)22-2)28-18(25)13-21(10-6-3-7-11-21)12-17-23-15-8-4-5-9-16(15)29-17/h4-5,8-9,14H,3,6-7,10-13H2,1-2H3,(H2,22,24,26,27)/t14-/m0/s1. The van der Waals surface area contributed by atoms with E-state index in [2.05, 4.69) is 16.7 Å². The van der Waals surface area contributed by atoms with Crippen LogP contribution in [0, 0.1) is 5.41 Å². The number of para-hydroxylation sites is 1. The first-order valence-corrected chi connectivity index (χ1v) is 10.8. The van der Waals surface area contributed by atoms with Gasteiger partial charge in [0.25, 0.3) is 5.91 Å². The molecule has 1 aromatic carbocycles. The van der Waals surface area contributed by atoms with Crippen molar-refractivity contribution in [3.8, 4) is 0 Å². The Morgan fingerprint density at radius 2 is 1.93 bits per heavy atom. The minimum Gasteiger partial charge on any atom is -0.453 e. The molecule has 1 aliphatic rings. The van der Waals surface area contributed by atoms with Crippen LogP contribution in [0.1, 0.15) is 50.5 Å². The van der Waals surface area contributed by atoms with Crippen LogP contribution in [-0.2, 0) is 20.7 Å². The van der Waals surface area contributed by atoms with Crippen LogP contribution in [0.3, 0.4) is 0 Å². The van der Waals surface area contributed by atoms with Gasteiger partial charge in [-0.2, -0.15) is 0 Å². The number of imide groups is 1. The van der Waals surface area contributed by atoms with Crippen LogP contribution in [0.4, 0.5) is 4.79 Å². The Morgan fingerprint density at radius 3 is 2.62 bits per heavy atom. The van der Waals surface area contributed by atoms with Gasteiger partial charge in [0.15, 0.2) is 6.10 Å². The average molecular weight is 418 g/mol. The van der Waals surface area contributed by atoms with Gasteiger partial charge in [-0.3, -0.25) is 14.9 Å². The number of hydrogen-bond acceptors (Lipinski definition) is 6. The number of urea groups is 1. The lowest BCUT2D eigenvalue weighted by Crippen LogP contribution is -2.44. The molecule has 7 nitrogen and oxygen atoms in total. The molecule has 1 atom stereocenters. The van der Waals surface area contributed by atoms with Crippen molar-refractivity contribution < 1.29 is 19.1 Å². The highest BCUT2D eigenvalue weighted by atomic mass is 32.1. The predicted octanol–water partition coefficient (Wildman–Crippen LogP) is 3.57. The maximum atomic E-state index is 12.6. The highest BCUT2D eigenvalue weighted by Gasteiger charge is 2.37. The molecular weight excluding hydrogens is 390 g/mol. The Balaban J connectivity index is 1.67. The summed E-state index contributed by atoms with van der Waals surface area (Å²) in [5.41, 5.74) is 0.792. The van der Waals surface area contributed by atoms with E-state index in [1.165, 1.54) is 20.4 Å². The molecular formula is C21H27N3O4S. The lowest BCUT2D eigenvalue weighted by molar-refractivity contribution is -0.157. The molecule has 0 aliphatic heterocycles. The SMILES string of the molecule is CNC(=O)NC(=O)[C@H](C)OC(=O)CC1(Cc2nc3ccccc3s2)CCCCC1. The molecule has 2 N–H and O–H groups in total. The topological polar surface area (TPSA) is 97.4 Å². The van der Waals surface area contributed by atoms with Gasteiger partial charge in [-0.25, -0.2) is 9.78 Å². The van der Waals surface area contributed by atoms with Gasteiger partial charge < -0.3 is 10.1 Å². The third-order valence-electron chi connectivity index (χ3n) is 5.44. The summed E-state index contributed by atoms with van der Waals surface area (Å²) < 4.78 is 6.48. The van der Waals surface area contributed by atoms with Gasteiger partial charge in [-0.05, 0) is 37.3 Å². The number of nitrogens with zero attached hydrogens (tertiary/aromatic N) is 1. The maximum Gasteiger partial charge on any atom is 0.321 e.